The van der Waals surface area contributed by atoms with Crippen molar-refractivity contribution >= 4 is 11.6 Å². The van der Waals surface area contributed by atoms with E-state index in [1.807, 2.05) is 25.1 Å². The van der Waals surface area contributed by atoms with Crippen LogP contribution in [0.25, 0.3) is 5.65 Å². The van der Waals surface area contributed by atoms with Crippen molar-refractivity contribution < 1.29 is 14.6 Å². The molecular formula is C15H12N2O3. The highest BCUT2D eigenvalue weighted by Gasteiger charge is 2.20. The highest BCUT2D eigenvalue weighted by atomic mass is 16.5. The van der Waals surface area contributed by atoms with Crippen LogP contribution >= 0.6 is 0 Å². The molecule has 5 nitrogen and oxygen atoms in total. The molecule has 0 saturated carbocycles. The summed E-state index contributed by atoms with van der Waals surface area (Å²) < 4.78 is 7.17. The number of para-hydroxylation sites is 1. The number of carboxylic acids is 1. The van der Waals surface area contributed by atoms with E-state index < -0.39 is 5.97 Å². The molecule has 5 heteroatoms. The molecule has 0 bridgehead atoms. The third-order valence-corrected chi connectivity index (χ3v) is 3.00. The molecule has 1 N–H and O–H groups in total. The molecule has 0 spiro atoms. The van der Waals surface area contributed by atoms with Gasteiger partial charge in [0.1, 0.15) is 11.4 Å². The van der Waals surface area contributed by atoms with Gasteiger partial charge in [0.15, 0.2) is 5.69 Å². The minimum absolute atomic E-state index is 0.0175. The smallest absolute Gasteiger partial charge is 0.358 e. The summed E-state index contributed by atoms with van der Waals surface area (Å²) in [4.78, 5) is 15.7. The molecule has 0 amide bonds. The molecule has 0 atom stereocenters. The highest BCUT2D eigenvalue weighted by Crippen LogP contribution is 2.27. The summed E-state index contributed by atoms with van der Waals surface area (Å²) in [7, 11) is 0. The van der Waals surface area contributed by atoms with Crippen molar-refractivity contribution in [1.82, 2.24) is 9.38 Å². The van der Waals surface area contributed by atoms with Gasteiger partial charge in [0.05, 0.1) is 0 Å². The van der Waals surface area contributed by atoms with Gasteiger partial charge in [0.2, 0.25) is 0 Å². The Bertz CT molecular complexity index is 793. The number of benzene rings is 1. The van der Waals surface area contributed by atoms with Crippen LogP contribution in [-0.2, 0) is 0 Å². The average molecular weight is 268 g/mol. The number of hydrogen-bond acceptors (Lipinski definition) is 3. The first-order valence-corrected chi connectivity index (χ1v) is 6.10. The number of imidazole rings is 1. The topological polar surface area (TPSA) is 63.8 Å². The van der Waals surface area contributed by atoms with E-state index in [4.69, 9.17) is 4.74 Å². The lowest BCUT2D eigenvalue weighted by atomic mass is 10.2. The third-order valence-electron chi connectivity index (χ3n) is 3.00. The van der Waals surface area contributed by atoms with Gasteiger partial charge in [-0.2, -0.15) is 4.98 Å². The van der Waals surface area contributed by atoms with Crippen LogP contribution in [0, 0.1) is 6.92 Å². The second kappa shape index (κ2) is 4.70. The fourth-order valence-corrected chi connectivity index (χ4v) is 2.02. The minimum Gasteiger partial charge on any atom is -0.476 e. The summed E-state index contributed by atoms with van der Waals surface area (Å²) in [5.41, 5.74) is 1.47. The SMILES string of the molecule is Cc1ccccc1Oc1nc2ccccn2c1C(=O)O. The van der Waals surface area contributed by atoms with Crippen molar-refractivity contribution in [2.45, 2.75) is 6.92 Å². The van der Waals surface area contributed by atoms with Crippen LogP contribution < -0.4 is 4.74 Å². The van der Waals surface area contributed by atoms with Crippen molar-refractivity contribution in [3.8, 4) is 11.6 Å². The van der Waals surface area contributed by atoms with Gasteiger partial charge in [-0.25, -0.2) is 4.79 Å². The lowest BCUT2D eigenvalue weighted by Gasteiger charge is -2.06. The number of aromatic nitrogens is 2. The Kier molecular flexibility index (Phi) is 2.87. The van der Waals surface area contributed by atoms with E-state index in [2.05, 4.69) is 4.98 Å². The zero-order chi connectivity index (χ0) is 14.1. The van der Waals surface area contributed by atoms with Crippen molar-refractivity contribution in [2.75, 3.05) is 0 Å². The predicted molar refractivity (Wildman–Crippen MR) is 73.4 cm³/mol. The zero-order valence-corrected chi connectivity index (χ0v) is 10.8. The summed E-state index contributed by atoms with van der Waals surface area (Å²) in [5, 5.41) is 9.36. The second-order valence-corrected chi connectivity index (χ2v) is 4.37. The first-order valence-electron chi connectivity index (χ1n) is 6.10. The number of aromatic carboxylic acids is 1. The number of nitrogens with zero attached hydrogens (tertiary/aromatic N) is 2. The molecule has 0 aliphatic carbocycles. The largest absolute Gasteiger partial charge is 0.476 e. The molecule has 100 valence electrons. The maximum Gasteiger partial charge on any atom is 0.358 e. The number of fused-ring (bicyclic) bond motifs is 1. The molecular weight excluding hydrogens is 256 g/mol. The van der Waals surface area contributed by atoms with Gasteiger partial charge in [-0.05, 0) is 30.7 Å². The first kappa shape index (κ1) is 12.2. The second-order valence-electron chi connectivity index (χ2n) is 4.37. The predicted octanol–water partition coefficient (Wildman–Crippen LogP) is 3.13. The minimum atomic E-state index is -1.08. The van der Waals surface area contributed by atoms with Gasteiger partial charge in [-0.3, -0.25) is 4.40 Å². The number of rotatable bonds is 3. The van der Waals surface area contributed by atoms with Gasteiger partial charge in [-0.15, -0.1) is 0 Å². The fourth-order valence-electron chi connectivity index (χ4n) is 2.02. The van der Waals surface area contributed by atoms with E-state index >= 15 is 0 Å². The molecule has 0 fully saturated rings. The number of carboxylic acid groups (broad SMARTS) is 1. The van der Waals surface area contributed by atoms with Crippen molar-refractivity contribution in [3.63, 3.8) is 0 Å². The van der Waals surface area contributed by atoms with Crippen LogP contribution in [0.4, 0.5) is 0 Å². The lowest BCUT2D eigenvalue weighted by molar-refractivity contribution is 0.0686. The van der Waals surface area contributed by atoms with Crippen molar-refractivity contribution in [3.05, 3.63) is 59.9 Å². The maximum atomic E-state index is 11.4. The fraction of sp³-hybridized carbons (Fsp3) is 0.0667. The molecule has 2 heterocycles. The van der Waals surface area contributed by atoms with Gasteiger partial charge in [-0.1, -0.05) is 24.3 Å². The summed E-state index contributed by atoms with van der Waals surface area (Å²) in [6, 6.07) is 12.7. The van der Waals surface area contributed by atoms with Gasteiger partial charge in [0.25, 0.3) is 5.88 Å². The van der Waals surface area contributed by atoms with Crippen LogP contribution in [0.5, 0.6) is 11.6 Å². The number of ether oxygens (including phenoxy) is 1. The van der Waals surface area contributed by atoms with Crippen LogP contribution in [-0.4, -0.2) is 20.5 Å². The Morgan fingerprint density at radius 3 is 2.70 bits per heavy atom. The number of pyridine rings is 1. The molecule has 3 rings (SSSR count). The molecule has 0 saturated heterocycles. The van der Waals surface area contributed by atoms with Crippen LogP contribution in [0.3, 0.4) is 0 Å². The van der Waals surface area contributed by atoms with Gasteiger partial charge < -0.3 is 9.84 Å². The van der Waals surface area contributed by atoms with E-state index in [1.165, 1.54) is 4.40 Å². The summed E-state index contributed by atoms with van der Waals surface area (Å²) in [5.74, 6) is -0.385. The highest BCUT2D eigenvalue weighted by molar-refractivity contribution is 5.89. The van der Waals surface area contributed by atoms with Crippen LogP contribution in [0.15, 0.2) is 48.7 Å². The molecule has 2 aromatic heterocycles. The number of aryl methyl sites for hydroxylation is 1. The molecule has 0 aliphatic rings. The molecule has 0 radical (unpaired) electrons. The quantitative estimate of drug-likeness (QED) is 0.792. The van der Waals surface area contributed by atoms with E-state index in [0.717, 1.165) is 5.56 Å². The average Bonchev–Trinajstić information content (AvgIpc) is 2.79. The van der Waals surface area contributed by atoms with Gasteiger partial charge >= 0.3 is 5.97 Å². The Balaban J connectivity index is 2.14. The van der Waals surface area contributed by atoms with E-state index in [9.17, 15) is 9.90 Å². The normalized spacial score (nSPS) is 10.7. The Morgan fingerprint density at radius 1 is 1.20 bits per heavy atom. The Labute approximate surface area is 115 Å². The number of carbonyl (C=O) groups is 1. The molecule has 20 heavy (non-hydrogen) atoms. The molecule has 3 aromatic rings. The van der Waals surface area contributed by atoms with E-state index in [-0.39, 0.29) is 11.6 Å². The summed E-state index contributed by atoms with van der Waals surface area (Å²) in [6.07, 6.45) is 1.65. The standard InChI is InChI=1S/C15H12N2O3/c1-10-6-2-3-7-11(10)20-14-13(15(18)19)17-9-5-4-8-12(17)16-14/h2-9H,1H3,(H,18,19). The maximum absolute atomic E-state index is 11.4. The monoisotopic (exact) mass is 268 g/mol. The van der Waals surface area contributed by atoms with Gasteiger partial charge in [0, 0.05) is 6.20 Å². The van der Waals surface area contributed by atoms with Crippen LogP contribution in [0.2, 0.25) is 0 Å². The van der Waals surface area contributed by atoms with Crippen LogP contribution in [0.1, 0.15) is 16.1 Å². The molecule has 0 unspecified atom stereocenters. The Morgan fingerprint density at radius 2 is 1.95 bits per heavy atom. The van der Waals surface area contributed by atoms with Crippen molar-refractivity contribution in [1.29, 1.82) is 0 Å². The zero-order valence-electron chi connectivity index (χ0n) is 10.8. The third kappa shape index (κ3) is 1.99. The Hall–Kier alpha value is -2.82. The summed E-state index contributed by atoms with van der Waals surface area (Å²) in [6.45, 7) is 1.89. The molecule has 0 aliphatic heterocycles. The van der Waals surface area contributed by atoms with Crippen molar-refractivity contribution in [2.24, 2.45) is 0 Å². The summed E-state index contributed by atoms with van der Waals surface area (Å²) >= 11 is 0. The van der Waals surface area contributed by atoms with E-state index in [1.54, 1.807) is 30.5 Å². The molecule has 1 aromatic carbocycles. The first-order chi connectivity index (χ1) is 9.66. The van der Waals surface area contributed by atoms with E-state index in [0.29, 0.717) is 11.4 Å². The number of hydrogen-bond donors (Lipinski definition) is 1. The lowest BCUT2D eigenvalue weighted by Crippen LogP contribution is -2.03.